The number of pyridine rings is 1. The van der Waals surface area contributed by atoms with Gasteiger partial charge in [0.05, 0.1) is 0 Å². The summed E-state index contributed by atoms with van der Waals surface area (Å²) in [6.07, 6.45) is 1.94. The number of aromatic amines is 1. The van der Waals surface area contributed by atoms with Gasteiger partial charge in [-0.25, -0.2) is 0 Å². The first-order chi connectivity index (χ1) is 10.6. The number of aromatic nitrogens is 1. The second kappa shape index (κ2) is 6.18. The Kier molecular flexibility index (Phi) is 4.09. The lowest BCUT2D eigenvalue weighted by Crippen LogP contribution is -2.38. The molecule has 2 heterocycles. The molecule has 0 saturated carbocycles. The highest BCUT2D eigenvalue weighted by atomic mass is 16.2. The molecule has 0 bridgehead atoms. The summed E-state index contributed by atoms with van der Waals surface area (Å²) in [5.74, 6) is 0.479. The Morgan fingerprint density at radius 3 is 2.45 bits per heavy atom. The lowest BCUT2D eigenvalue weighted by Gasteiger charge is -2.32. The minimum atomic E-state index is -0.220. The van der Waals surface area contributed by atoms with E-state index in [4.69, 9.17) is 0 Å². The van der Waals surface area contributed by atoms with Gasteiger partial charge in [-0.3, -0.25) is 9.59 Å². The lowest BCUT2D eigenvalue weighted by atomic mass is 9.89. The number of rotatable bonds is 2. The molecule has 1 saturated heterocycles. The third-order valence-corrected chi connectivity index (χ3v) is 4.28. The van der Waals surface area contributed by atoms with Crippen molar-refractivity contribution in [2.75, 3.05) is 13.1 Å². The molecule has 0 spiro atoms. The summed E-state index contributed by atoms with van der Waals surface area (Å²) in [6, 6.07) is 13.6. The molecule has 4 nitrogen and oxygen atoms in total. The number of hydrogen-bond donors (Lipinski definition) is 1. The quantitative estimate of drug-likeness (QED) is 0.926. The number of hydrogen-bond acceptors (Lipinski definition) is 2. The van der Waals surface area contributed by atoms with Crippen molar-refractivity contribution in [2.24, 2.45) is 0 Å². The Morgan fingerprint density at radius 1 is 1.14 bits per heavy atom. The number of carbonyl (C=O) groups excluding carboxylic acids is 1. The molecule has 1 aromatic carbocycles. The number of nitrogens with one attached hydrogen (secondary N) is 1. The van der Waals surface area contributed by atoms with Crippen LogP contribution < -0.4 is 5.56 Å². The van der Waals surface area contributed by atoms with Crippen LogP contribution in [0.2, 0.25) is 0 Å². The number of benzene rings is 1. The molecule has 1 aliphatic rings. The molecule has 0 radical (unpaired) electrons. The van der Waals surface area contributed by atoms with Gasteiger partial charge in [0.25, 0.3) is 5.91 Å². The van der Waals surface area contributed by atoms with Gasteiger partial charge < -0.3 is 9.88 Å². The number of likely N-dealkylation sites (tertiary alicyclic amines) is 1. The predicted octanol–water partition coefficient (Wildman–Crippen LogP) is 2.70. The molecule has 114 valence electrons. The van der Waals surface area contributed by atoms with E-state index in [0.29, 0.717) is 11.5 Å². The van der Waals surface area contributed by atoms with Crippen molar-refractivity contribution >= 4 is 5.91 Å². The molecule has 0 unspecified atom stereocenters. The zero-order valence-electron chi connectivity index (χ0n) is 12.7. The average molecular weight is 296 g/mol. The summed E-state index contributed by atoms with van der Waals surface area (Å²) in [5.41, 5.74) is 2.33. The second-order valence-electron chi connectivity index (χ2n) is 5.89. The maximum atomic E-state index is 12.5. The molecule has 3 rings (SSSR count). The van der Waals surface area contributed by atoms with Crippen molar-refractivity contribution in [1.29, 1.82) is 0 Å². The Labute approximate surface area is 129 Å². The molecule has 1 aliphatic heterocycles. The molecule has 1 fully saturated rings. The highest BCUT2D eigenvalue weighted by Crippen LogP contribution is 2.28. The number of aryl methyl sites for hydroxylation is 1. The SMILES string of the molecule is Cc1cc(C(=O)N2CCC(c3ccccc3)CC2)cc(=O)[nH]1. The third kappa shape index (κ3) is 3.11. The van der Waals surface area contributed by atoms with Crippen molar-refractivity contribution in [3.63, 3.8) is 0 Å². The van der Waals surface area contributed by atoms with Crippen LogP contribution in [0.25, 0.3) is 0 Å². The number of nitrogens with zero attached hydrogens (tertiary/aromatic N) is 1. The maximum Gasteiger partial charge on any atom is 0.254 e. The Hall–Kier alpha value is -2.36. The van der Waals surface area contributed by atoms with Crippen LogP contribution in [-0.2, 0) is 0 Å². The van der Waals surface area contributed by atoms with E-state index in [2.05, 4.69) is 29.2 Å². The lowest BCUT2D eigenvalue weighted by molar-refractivity contribution is 0.0712. The highest BCUT2D eigenvalue weighted by molar-refractivity contribution is 5.94. The molecular weight excluding hydrogens is 276 g/mol. The van der Waals surface area contributed by atoms with Crippen LogP contribution in [0.15, 0.2) is 47.3 Å². The van der Waals surface area contributed by atoms with Crippen molar-refractivity contribution in [3.8, 4) is 0 Å². The van der Waals surface area contributed by atoms with Crippen molar-refractivity contribution in [2.45, 2.75) is 25.7 Å². The van der Waals surface area contributed by atoms with Gasteiger partial charge in [0.1, 0.15) is 0 Å². The Morgan fingerprint density at radius 2 is 1.82 bits per heavy atom. The molecule has 0 atom stereocenters. The topological polar surface area (TPSA) is 53.2 Å². The zero-order chi connectivity index (χ0) is 15.5. The van der Waals surface area contributed by atoms with Gasteiger partial charge >= 0.3 is 0 Å². The predicted molar refractivity (Wildman–Crippen MR) is 86.1 cm³/mol. The largest absolute Gasteiger partial charge is 0.339 e. The highest BCUT2D eigenvalue weighted by Gasteiger charge is 2.24. The monoisotopic (exact) mass is 296 g/mol. The number of carbonyl (C=O) groups is 1. The number of H-pyrrole nitrogens is 1. The third-order valence-electron chi connectivity index (χ3n) is 4.28. The zero-order valence-corrected chi connectivity index (χ0v) is 12.7. The fourth-order valence-electron chi connectivity index (χ4n) is 3.13. The molecule has 1 N–H and O–H groups in total. The molecule has 0 aliphatic carbocycles. The molecule has 2 aromatic rings. The summed E-state index contributed by atoms with van der Waals surface area (Å²) in [4.78, 5) is 28.6. The van der Waals surface area contributed by atoms with Crippen molar-refractivity contribution in [1.82, 2.24) is 9.88 Å². The molecule has 1 amide bonds. The first kappa shape index (κ1) is 14.6. The van der Waals surface area contributed by atoms with E-state index < -0.39 is 0 Å². The van der Waals surface area contributed by atoms with E-state index in [9.17, 15) is 9.59 Å². The van der Waals surface area contributed by atoms with Crippen LogP contribution in [0.4, 0.5) is 0 Å². The fraction of sp³-hybridized carbons (Fsp3) is 0.333. The van der Waals surface area contributed by atoms with Crippen molar-refractivity contribution < 1.29 is 4.79 Å². The minimum Gasteiger partial charge on any atom is -0.339 e. The summed E-state index contributed by atoms with van der Waals surface area (Å²) in [6.45, 7) is 3.27. The van der Waals surface area contributed by atoms with Crippen LogP contribution in [0.3, 0.4) is 0 Å². The van der Waals surface area contributed by atoms with E-state index in [1.54, 1.807) is 13.0 Å². The van der Waals surface area contributed by atoms with E-state index >= 15 is 0 Å². The standard InChI is InChI=1S/C18H20N2O2/c1-13-11-16(12-17(21)19-13)18(22)20-9-7-15(8-10-20)14-5-3-2-4-6-14/h2-6,11-12,15H,7-10H2,1H3,(H,19,21). The van der Waals surface area contributed by atoms with Crippen LogP contribution in [-0.4, -0.2) is 28.9 Å². The first-order valence-electron chi connectivity index (χ1n) is 7.68. The average Bonchev–Trinajstić information content (AvgIpc) is 2.54. The van der Waals surface area contributed by atoms with E-state index in [1.807, 2.05) is 11.0 Å². The van der Waals surface area contributed by atoms with Gasteiger partial charge in [-0.05, 0) is 37.3 Å². The van der Waals surface area contributed by atoms with Crippen LogP contribution in [0, 0.1) is 6.92 Å². The number of amides is 1. The van der Waals surface area contributed by atoms with Gasteiger partial charge in [-0.1, -0.05) is 30.3 Å². The van der Waals surface area contributed by atoms with E-state index in [1.165, 1.54) is 11.6 Å². The Bertz CT molecular complexity index is 713. The fourth-order valence-corrected chi connectivity index (χ4v) is 3.13. The first-order valence-corrected chi connectivity index (χ1v) is 7.68. The van der Waals surface area contributed by atoms with Gasteiger partial charge in [0, 0.05) is 30.4 Å². The molecule has 22 heavy (non-hydrogen) atoms. The van der Waals surface area contributed by atoms with Gasteiger partial charge in [0.2, 0.25) is 5.56 Å². The molecule has 4 heteroatoms. The van der Waals surface area contributed by atoms with E-state index in [-0.39, 0.29) is 11.5 Å². The van der Waals surface area contributed by atoms with Gasteiger partial charge in [-0.2, -0.15) is 0 Å². The second-order valence-corrected chi connectivity index (χ2v) is 5.89. The Balaban J connectivity index is 1.68. The summed E-state index contributed by atoms with van der Waals surface area (Å²) in [5, 5.41) is 0. The van der Waals surface area contributed by atoms with Crippen LogP contribution >= 0.6 is 0 Å². The smallest absolute Gasteiger partial charge is 0.254 e. The van der Waals surface area contributed by atoms with Crippen LogP contribution in [0.1, 0.15) is 40.4 Å². The van der Waals surface area contributed by atoms with Crippen LogP contribution in [0.5, 0.6) is 0 Å². The van der Waals surface area contributed by atoms with Gasteiger partial charge in [0.15, 0.2) is 0 Å². The van der Waals surface area contributed by atoms with E-state index in [0.717, 1.165) is 31.6 Å². The number of piperidine rings is 1. The van der Waals surface area contributed by atoms with Gasteiger partial charge in [-0.15, -0.1) is 0 Å². The minimum absolute atomic E-state index is 0.0410. The molecular formula is C18H20N2O2. The molecule has 1 aromatic heterocycles. The maximum absolute atomic E-state index is 12.5. The summed E-state index contributed by atoms with van der Waals surface area (Å²) in [7, 11) is 0. The van der Waals surface area contributed by atoms with Crippen molar-refractivity contribution in [3.05, 3.63) is 69.6 Å². The normalized spacial score (nSPS) is 15.8. The summed E-state index contributed by atoms with van der Waals surface area (Å²) >= 11 is 0. The summed E-state index contributed by atoms with van der Waals surface area (Å²) < 4.78 is 0.